The number of aliphatic carboxylic acids is 1. The van der Waals surface area contributed by atoms with Gasteiger partial charge in [0.25, 0.3) is 0 Å². The second-order valence-electron chi connectivity index (χ2n) is 3.89. The van der Waals surface area contributed by atoms with Crippen LogP contribution >= 0.6 is 0 Å². The van der Waals surface area contributed by atoms with Gasteiger partial charge in [0.05, 0.1) is 18.9 Å². The molecular formula is C11H13N7O2. The maximum Gasteiger partial charge on any atom is 0.320 e. The molecule has 0 fully saturated rings. The Labute approximate surface area is 113 Å². The molecule has 3 aromatic heterocycles. The predicted octanol–water partition coefficient (Wildman–Crippen LogP) is -0.283. The number of nitrogens with two attached hydrogens (primary N) is 1. The van der Waals surface area contributed by atoms with Crippen LogP contribution < -0.4 is 5.73 Å². The minimum Gasteiger partial charge on any atom is -0.480 e. The first-order valence-corrected chi connectivity index (χ1v) is 5.71. The van der Waals surface area contributed by atoms with Gasteiger partial charge in [0, 0.05) is 18.3 Å². The summed E-state index contributed by atoms with van der Waals surface area (Å²) in [5.41, 5.74) is 7.58. The lowest BCUT2D eigenvalue weighted by molar-refractivity contribution is -0.138. The normalized spacial score (nSPS) is 11.7. The lowest BCUT2D eigenvalue weighted by Crippen LogP contribution is -2.32. The molecule has 0 saturated carbocycles. The highest BCUT2D eigenvalue weighted by Crippen LogP contribution is 1.99. The largest absolute Gasteiger partial charge is 0.480 e. The van der Waals surface area contributed by atoms with Gasteiger partial charge < -0.3 is 20.8 Å². The minimum atomic E-state index is -1.00. The number of fused-ring (bicyclic) bond motifs is 1. The van der Waals surface area contributed by atoms with E-state index in [-0.39, 0.29) is 6.42 Å². The summed E-state index contributed by atoms with van der Waals surface area (Å²) in [7, 11) is 0. The molecule has 0 amide bonds. The van der Waals surface area contributed by atoms with Gasteiger partial charge in [0.1, 0.15) is 17.9 Å². The molecule has 9 heteroatoms. The third-order valence-electron chi connectivity index (χ3n) is 2.41. The second-order valence-corrected chi connectivity index (χ2v) is 3.89. The fourth-order valence-corrected chi connectivity index (χ4v) is 1.41. The van der Waals surface area contributed by atoms with E-state index in [2.05, 4.69) is 29.9 Å². The lowest BCUT2D eigenvalue weighted by atomic mass is 10.2. The molecule has 0 aromatic carbocycles. The Kier molecular flexibility index (Phi) is 4.35. The van der Waals surface area contributed by atoms with Gasteiger partial charge in [-0.05, 0) is 0 Å². The molecule has 0 bridgehead atoms. The number of carboxylic acids is 1. The van der Waals surface area contributed by atoms with E-state index >= 15 is 0 Å². The van der Waals surface area contributed by atoms with E-state index in [1.165, 1.54) is 12.7 Å². The van der Waals surface area contributed by atoms with Gasteiger partial charge in [0.15, 0.2) is 5.65 Å². The van der Waals surface area contributed by atoms with Crippen molar-refractivity contribution in [3.05, 3.63) is 37.1 Å². The molecule has 3 rings (SSSR count). The number of carbonyl (C=O) groups is 1. The second kappa shape index (κ2) is 6.38. The molecule has 0 aliphatic heterocycles. The first-order chi connectivity index (χ1) is 9.66. The highest BCUT2D eigenvalue weighted by molar-refractivity contribution is 5.73. The smallest absolute Gasteiger partial charge is 0.320 e. The highest BCUT2D eigenvalue weighted by atomic mass is 16.4. The van der Waals surface area contributed by atoms with Crippen molar-refractivity contribution in [2.24, 2.45) is 5.73 Å². The maximum absolute atomic E-state index is 10.3. The van der Waals surface area contributed by atoms with Crippen LogP contribution in [0.2, 0.25) is 0 Å². The van der Waals surface area contributed by atoms with E-state index in [1.54, 1.807) is 18.7 Å². The summed E-state index contributed by atoms with van der Waals surface area (Å²) >= 11 is 0. The van der Waals surface area contributed by atoms with Gasteiger partial charge in [-0.1, -0.05) is 0 Å². The Balaban J connectivity index is 0.000000149. The molecule has 20 heavy (non-hydrogen) atoms. The predicted molar refractivity (Wildman–Crippen MR) is 69.6 cm³/mol. The minimum absolute atomic E-state index is 0.287. The van der Waals surface area contributed by atoms with Crippen molar-refractivity contribution in [1.29, 1.82) is 0 Å². The number of imidazole rings is 2. The molecular weight excluding hydrogens is 262 g/mol. The molecule has 3 aromatic rings. The number of aromatic amines is 2. The van der Waals surface area contributed by atoms with E-state index in [0.29, 0.717) is 5.65 Å². The molecule has 0 radical (unpaired) electrons. The van der Waals surface area contributed by atoms with Crippen molar-refractivity contribution in [2.45, 2.75) is 12.5 Å². The van der Waals surface area contributed by atoms with Crippen LogP contribution in [0.15, 0.2) is 31.4 Å². The van der Waals surface area contributed by atoms with Crippen molar-refractivity contribution in [3.8, 4) is 0 Å². The van der Waals surface area contributed by atoms with Crippen LogP contribution in [0.25, 0.3) is 11.2 Å². The topological polar surface area (TPSA) is 146 Å². The monoisotopic (exact) mass is 275 g/mol. The fraction of sp³-hybridized carbons (Fsp3) is 0.182. The number of nitrogens with zero attached hydrogens (tertiary/aromatic N) is 4. The zero-order valence-electron chi connectivity index (χ0n) is 10.4. The summed E-state index contributed by atoms with van der Waals surface area (Å²) in [5, 5.41) is 8.42. The third kappa shape index (κ3) is 3.59. The van der Waals surface area contributed by atoms with Crippen LogP contribution in [-0.2, 0) is 11.2 Å². The Bertz CT molecular complexity index is 634. The Morgan fingerprint density at radius 3 is 2.75 bits per heavy atom. The Hall–Kier alpha value is -2.81. The van der Waals surface area contributed by atoms with Gasteiger partial charge >= 0.3 is 5.97 Å². The molecule has 9 nitrogen and oxygen atoms in total. The molecule has 3 heterocycles. The summed E-state index contributed by atoms with van der Waals surface area (Å²) in [6.07, 6.45) is 8.10. The molecule has 0 spiro atoms. The molecule has 104 valence electrons. The quantitative estimate of drug-likeness (QED) is 0.513. The van der Waals surface area contributed by atoms with E-state index in [4.69, 9.17) is 10.8 Å². The van der Waals surface area contributed by atoms with Gasteiger partial charge in [-0.3, -0.25) is 4.79 Å². The zero-order chi connectivity index (χ0) is 14.4. The van der Waals surface area contributed by atoms with E-state index in [1.807, 2.05) is 0 Å². The zero-order valence-corrected chi connectivity index (χ0v) is 10.4. The summed E-state index contributed by atoms with van der Waals surface area (Å²) < 4.78 is 0. The number of aromatic nitrogens is 6. The Morgan fingerprint density at radius 2 is 2.10 bits per heavy atom. The number of hydrogen-bond donors (Lipinski definition) is 4. The summed E-state index contributed by atoms with van der Waals surface area (Å²) in [6, 6.07) is -0.851. The molecule has 0 aliphatic carbocycles. The summed E-state index contributed by atoms with van der Waals surface area (Å²) in [4.78, 5) is 31.3. The van der Waals surface area contributed by atoms with Crippen LogP contribution in [0.1, 0.15) is 5.69 Å². The van der Waals surface area contributed by atoms with Crippen LogP contribution in [0.3, 0.4) is 0 Å². The van der Waals surface area contributed by atoms with Crippen LogP contribution in [0.5, 0.6) is 0 Å². The number of nitrogens with one attached hydrogen (secondary N) is 2. The molecule has 5 N–H and O–H groups in total. The van der Waals surface area contributed by atoms with Crippen molar-refractivity contribution < 1.29 is 9.90 Å². The lowest BCUT2D eigenvalue weighted by Gasteiger charge is -2.02. The van der Waals surface area contributed by atoms with Gasteiger partial charge in [-0.2, -0.15) is 0 Å². The molecule has 0 aliphatic rings. The third-order valence-corrected chi connectivity index (χ3v) is 2.41. The van der Waals surface area contributed by atoms with E-state index in [0.717, 1.165) is 11.2 Å². The van der Waals surface area contributed by atoms with Crippen LogP contribution in [-0.4, -0.2) is 47.0 Å². The average Bonchev–Trinajstić information content (AvgIpc) is 3.09. The first-order valence-electron chi connectivity index (χ1n) is 5.71. The summed E-state index contributed by atoms with van der Waals surface area (Å²) in [5.74, 6) is -1.00. The fourth-order valence-electron chi connectivity index (χ4n) is 1.41. The summed E-state index contributed by atoms with van der Waals surface area (Å²) in [6.45, 7) is 0. The van der Waals surface area contributed by atoms with Crippen LogP contribution in [0.4, 0.5) is 0 Å². The molecule has 0 unspecified atom stereocenters. The molecule has 0 saturated heterocycles. The van der Waals surface area contributed by atoms with E-state index < -0.39 is 12.0 Å². The van der Waals surface area contributed by atoms with Crippen molar-refractivity contribution >= 4 is 17.1 Å². The highest BCUT2D eigenvalue weighted by Gasteiger charge is 2.11. The maximum atomic E-state index is 10.3. The number of H-pyrrole nitrogens is 2. The van der Waals surface area contributed by atoms with E-state index in [9.17, 15) is 4.79 Å². The molecule has 1 atom stereocenters. The van der Waals surface area contributed by atoms with Crippen molar-refractivity contribution in [2.75, 3.05) is 0 Å². The first kappa shape index (κ1) is 13.6. The van der Waals surface area contributed by atoms with Crippen molar-refractivity contribution in [1.82, 2.24) is 29.9 Å². The SMILES string of the molecule is N[C@@H](Cc1cnc[nH]1)C(=O)O.c1ncc2[nH]cnc2n1. The van der Waals surface area contributed by atoms with Crippen molar-refractivity contribution in [3.63, 3.8) is 0 Å². The standard InChI is InChI=1S/C6H9N3O2.C5H4N4/c7-5(6(10)11)1-4-2-8-3-9-4;1-4-5(8-2-6-1)9-3-7-4/h2-3,5H,1,7H2,(H,8,9)(H,10,11);1-3H,(H,6,7,8,9)/t5-;/m0./s1. The van der Waals surface area contributed by atoms with Gasteiger partial charge in [-0.25, -0.2) is 19.9 Å². The van der Waals surface area contributed by atoms with Gasteiger partial charge in [0.2, 0.25) is 0 Å². The number of carboxylic acid groups (broad SMARTS) is 1. The number of hydrogen-bond acceptors (Lipinski definition) is 6. The van der Waals surface area contributed by atoms with Crippen LogP contribution in [0, 0.1) is 0 Å². The number of rotatable bonds is 3. The van der Waals surface area contributed by atoms with Gasteiger partial charge in [-0.15, -0.1) is 0 Å². The Morgan fingerprint density at radius 1 is 1.25 bits per heavy atom. The average molecular weight is 275 g/mol.